The number of piperazine rings is 1. The van der Waals surface area contributed by atoms with Crippen LogP contribution in [-0.4, -0.2) is 64.5 Å². The zero-order chi connectivity index (χ0) is 20.6. The van der Waals surface area contributed by atoms with E-state index in [9.17, 15) is 13.2 Å². The molecular formula is C18H24BrN5O3S. The van der Waals surface area contributed by atoms with E-state index in [1.54, 1.807) is 35.7 Å². The molecular weight excluding hydrogens is 446 g/mol. The van der Waals surface area contributed by atoms with Crippen LogP contribution in [0.25, 0.3) is 0 Å². The quantitative estimate of drug-likeness (QED) is 0.685. The molecule has 0 aromatic carbocycles. The Labute approximate surface area is 173 Å². The Balaban J connectivity index is 1.77. The molecule has 0 aliphatic carbocycles. The number of amides is 1. The number of hydrogen-bond acceptors (Lipinski definition) is 5. The third-order valence-electron chi connectivity index (χ3n) is 4.82. The fourth-order valence-corrected chi connectivity index (χ4v) is 5.64. The highest BCUT2D eigenvalue weighted by Crippen LogP contribution is 2.26. The first kappa shape index (κ1) is 20.9. The van der Waals surface area contributed by atoms with Crippen molar-refractivity contribution in [2.75, 3.05) is 26.2 Å². The minimum absolute atomic E-state index is 0.0796. The summed E-state index contributed by atoms with van der Waals surface area (Å²) in [6, 6.07) is 1.79. The van der Waals surface area contributed by atoms with Gasteiger partial charge in [0.2, 0.25) is 10.0 Å². The predicted molar refractivity (Wildman–Crippen MR) is 109 cm³/mol. The number of nitrogens with zero attached hydrogens (tertiary/aromatic N) is 5. The number of aromatic nitrogens is 3. The average Bonchev–Trinajstić information content (AvgIpc) is 2.96. The molecule has 0 spiro atoms. The maximum atomic E-state index is 13.2. The van der Waals surface area contributed by atoms with Gasteiger partial charge in [0.25, 0.3) is 5.91 Å². The molecule has 0 bridgehead atoms. The van der Waals surface area contributed by atoms with E-state index in [1.807, 2.05) is 13.8 Å². The molecule has 1 amide bonds. The largest absolute Gasteiger partial charge is 0.336 e. The summed E-state index contributed by atoms with van der Waals surface area (Å²) in [5.41, 5.74) is 1.63. The number of carbonyl (C=O) groups is 1. The van der Waals surface area contributed by atoms with Gasteiger partial charge >= 0.3 is 0 Å². The lowest BCUT2D eigenvalue weighted by molar-refractivity contribution is 0.0697. The number of hydrogen-bond donors (Lipinski definition) is 0. The number of halogens is 1. The molecule has 0 atom stereocenters. The maximum absolute atomic E-state index is 13.2. The first-order valence-electron chi connectivity index (χ1n) is 9.08. The molecule has 8 nitrogen and oxygen atoms in total. The minimum Gasteiger partial charge on any atom is -0.336 e. The van der Waals surface area contributed by atoms with E-state index in [0.29, 0.717) is 30.0 Å². The normalized spacial score (nSPS) is 16.0. The van der Waals surface area contributed by atoms with Crippen molar-refractivity contribution in [1.29, 1.82) is 0 Å². The van der Waals surface area contributed by atoms with Crippen molar-refractivity contribution < 1.29 is 13.2 Å². The highest BCUT2D eigenvalue weighted by molar-refractivity contribution is 9.10. The summed E-state index contributed by atoms with van der Waals surface area (Å²) in [5.74, 6) is -0.147. The van der Waals surface area contributed by atoms with Gasteiger partial charge in [-0.25, -0.2) is 8.42 Å². The van der Waals surface area contributed by atoms with Crippen LogP contribution >= 0.6 is 15.9 Å². The van der Waals surface area contributed by atoms with Gasteiger partial charge in [-0.15, -0.1) is 0 Å². The monoisotopic (exact) mass is 469 g/mol. The minimum atomic E-state index is -3.66. The van der Waals surface area contributed by atoms with Gasteiger partial charge in [0.15, 0.2) is 0 Å². The van der Waals surface area contributed by atoms with Crippen LogP contribution < -0.4 is 0 Å². The summed E-state index contributed by atoms with van der Waals surface area (Å²) < 4.78 is 30.3. The Morgan fingerprint density at radius 1 is 1.14 bits per heavy atom. The third kappa shape index (κ3) is 3.85. The summed E-state index contributed by atoms with van der Waals surface area (Å²) in [6.45, 7) is 8.62. The number of pyridine rings is 1. The Kier molecular flexibility index (Phi) is 5.92. The average molecular weight is 470 g/mol. The molecule has 1 aliphatic rings. The van der Waals surface area contributed by atoms with Gasteiger partial charge in [-0.1, -0.05) is 0 Å². The molecule has 0 unspecified atom stereocenters. The van der Waals surface area contributed by atoms with Crippen molar-refractivity contribution in [1.82, 2.24) is 24.0 Å². The molecule has 3 heterocycles. The number of sulfonamides is 1. The van der Waals surface area contributed by atoms with Crippen molar-refractivity contribution >= 4 is 31.9 Å². The van der Waals surface area contributed by atoms with Gasteiger partial charge < -0.3 is 4.90 Å². The van der Waals surface area contributed by atoms with E-state index in [-0.39, 0.29) is 29.9 Å². The Hall–Kier alpha value is -1.78. The van der Waals surface area contributed by atoms with Crippen LogP contribution in [-0.2, 0) is 10.0 Å². The molecule has 10 heteroatoms. The van der Waals surface area contributed by atoms with E-state index in [2.05, 4.69) is 26.0 Å². The predicted octanol–water partition coefficient (Wildman–Crippen LogP) is 2.39. The zero-order valence-electron chi connectivity index (χ0n) is 16.4. The third-order valence-corrected chi connectivity index (χ3v) is 7.41. The SMILES string of the molecule is Cc1nn(C(C)C)c(C)c1S(=O)(=O)N1CCN(C(=O)c2cncc(Br)c2)CC1. The molecule has 1 saturated heterocycles. The zero-order valence-corrected chi connectivity index (χ0v) is 18.8. The highest BCUT2D eigenvalue weighted by atomic mass is 79.9. The van der Waals surface area contributed by atoms with Gasteiger partial charge in [-0.05, 0) is 49.7 Å². The first-order chi connectivity index (χ1) is 13.1. The van der Waals surface area contributed by atoms with Gasteiger partial charge in [-0.3, -0.25) is 14.5 Å². The van der Waals surface area contributed by atoms with Gasteiger partial charge in [-0.2, -0.15) is 9.40 Å². The standard InChI is InChI=1S/C18H24BrN5O3S/c1-12(2)24-14(4)17(13(3)21-24)28(26,27)23-7-5-22(6-8-23)18(25)15-9-16(19)11-20-10-15/h9-12H,5-8H2,1-4H3. The van der Waals surface area contributed by atoms with E-state index >= 15 is 0 Å². The number of aryl methyl sites for hydroxylation is 1. The van der Waals surface area contributed by atoms with E-state index in [4.69, 9.17) is 0 Å². The lowest BCUT2D eigenvalue weighted by Crippen LogP contribution is -2.50. The summed E-state index contributed by atoms with van der Waals surface area (Å²) in [4.78, 5) is 18.6. The highest BCUT2D eigenvalue weighted by Gasteiger charge is 2.34. The van der Waals surface area contributed by atoms with Crippen molar-refractivity contribution in [3.05, 3.63) is 39.9 Å². The molecule has 1 aliphatic heterocycles. The van der Waals surface area contributed by atoms with Gasteiger partial charge in [0, 0.05) is 49.1 Å². The van der Waals surface area contributed by atoms with Crippen LogP contribution in [0.2, 0.25) is 0 Å². The van der Waals surface area contributed by atoms with Crippen LogP contribution in [0.15, 0.2) is 27.8 Å². The lowest BCUT2D eigenvalue weighted by atomic mass is 10.2. The number of rotatable bonds is 4. The van der Waals surface area contributed by atoms with E-state index in [0.717, 1.165) is 4.47 Å². The van der Waals surface area contributed by atoms with Crippen LogP contribution in [0.3, 0.4) is 0 Å². The molecule has 2 aromatic heterocycles. The Morgan fingerprint density at radius 2 is 1.79 bits per heavy atom. The van der Waals surface area contributed by atoms with Crippen molar-refractivity contribution in [3.63, 3.8) is 0 Å². The summed E-state index contributed by atoms with van der Waals surface area (Å²) in [7, 11) is -3.66. The molecule has 0 radical (unpaired) electrons. The Morgan fingerprint density at radius 3 is 2.32 bits per heavy atom. The Bertz CT molecular complexity index is 995. The van der Waals surface area contributed by atoms with Crippen LogP contribution in [0, 0.1) is 13.8 Å². The second kappa shape index (κ2) is 7.92. The molecule has 2 aromatic rings. The van der Waals surface area contributed by atoms with E-state index < -0.39 is 10.0 Å². The smallest absolute Gasteiger partial charge is 0.255 e. The fraction of sp³-hybridized carbons (Fsp3) is 0.500. The molecule has 3 rings (SSSR count). The first-order valence-corrected chi connectivity index (χ1v) is 11.3. The van der Waals surface area contributed by atoms with Crippen molar-refractivity contribution in [2.24, 2.45) is 0 Å². The van der Waals surface area contributed by atoms with Crippen LogP contribution in [0.1, 0.15) is 41.6 Å². The molecule has 0 saturated carbocycles. The molecule has 152 valence electrons. The summed E-state index contributed by atoms with van der Waals surface area (Å²) in [5, 5.41) is 4.40. The molecule has 1 fully saturated rings. The molecule has 28 heavy (non-hydrogen) atoms. The summed E-state index contributed by atoms with van der Waals surface area (Å²) in [6.07, 6.45) is 3.13. The van der Waals surface area contributed by atoms with Crippen molar-refractivity contribution in [2.45, 2.75) is 38.6 Å². The maximum Gasteiger partial charge on any atom is 0.255 e. The number of carbonyl (C=O) groups excluding carboxylic acids is 1. The molecule has 0 N–H and O–H groups in total. The van der Waals surface area contributed by atoms with Gasteiger partial charge in [0.1, 0.15) is 4.90 Å². The van der Waals surface area contributed by atoms with E-state index in [1.165, 1.54) is 10.5 Å². The van der Waals surface area contributed by atoms with Gasteiger partial charge in [0.05, 0.1) is 17.0 Å². The van der Waals surface area contributed by atoms with Crippen molar-refractivity contribution in [3.8, 4) is 0 Å². The fourth-order valence-electron chi connectivity index (χ4n) is 3.50. The second-order valence-electron chi connectivity index (χ2n) is 7.13. The van der Waals surface area contributed by atoms with Crippen LogP contribution in [0.5, 0.6) is 0 Å². The lowest BCUT2D eigenvalue weighted by Gasteiger charge is -2.34. The van der Waals surface area contributed by atoms with Crippen LogP contribution in [0.4, 0.5) is 0 Å². The topological polar surface area (TPSA) is 88.4 Å². The summed E-state index contributed by atoms with van der Waals surface area (Å²) >= 11 is 3.31. The second-order valence-corrected chi connectivity index (χ2v) is 9.92.